The fourth-order valence-corrected chi connectivity index (χ4v) is 1.54. The smallest absolute Gasteiger partial charge is 0.257 e. The van der Waals surface area contributed by atoms with Crippen LogP contribution < -0.4 is 5.32 Å². The first-order chi connectivity index (χ1) is 8.43. The molecule has 0 aliphatic heterocycles. The van der Waals surface area contributed by atoms with Gasteiger partial charge >= 0.3 is 0 Å². The maximum Gasteiger partial charge on any atom is 0.257 e. The molecule has 2 aromatic rings. The number of nitrogens with one attached hydrogen (secondary N) is 1. The van der Waals surface area contributed by atoms with Crippen LogP contribution in [0.5, 0.6) is 0 Å². The number of rotatable bonds is 3. The summed E-state index contributed by atoms with van der Waals surface area (Å²) in [6.07, 6.45) is 2.37. The molecule has 1 N–H and O–H groups in total. The number of hydrogen-bond donors (Lipinski definition) is 1. The van der Waals surface area contributed by atoms with Crippen LogP contribution >= 0.6 is 0 Å². The average molecular weight is 247 g/mol. The van der Waals surface area contributed by atoms with E-state index in [0.717, 1.165) is 17.5 Å². The van der Waals surface area contributed by atoms with Crippen molar-refractivity contribution < 1.29 is 9.32 Å². The van der Waals surface area contributed by atoms with E-state index < -0.39 is 0 Å². The lowest BCUT2D eigenvalue weighted by Crippen LogP contribution is -2.42. The summed E-state index contributed by atoms with van der Waals surface area (Å²) >= 11 is 0. The molecule has 0 unspecified atom stereocenters. The lowest BCUT2D eigenvalue weighted by atomic mass is 10.0. The summed E-state index contributed by atoms with van der Waals surface area (Å²) in [5.41, 5.74) is 1.49. The number of carbonyl (C=O) groups is 1. The molecule has 0 atom stereocenters. The van der Waals surface area contributed by atoms with Crippen molar-refractivity contribution in [3.63, 3.8) is 0 Å². The van der Waals surface area contributed by atoms with E-state index in [4.69, 9.17) is 4.52 Å². The molecule has 0 aliphatic carbocycles. The first kappa shape index (κ1) is 12.5. The van der Waals surface area contributed by atoms with Gasteiger partial charge in [-0.25, -0.2) is 4.98 Å². The van der Waals surface area contributed by atoms with Crippen LogP contribution in [-0.2, 0) is 0 Å². The van der Waals surface area contributed by atoms with Crippen molar-refractivity contribution in [2.75, 3.05) is 0 Å². The third-order valence-corrected chi connectivity index (χ3v) is 3.11. The molecule has 5 heteroatoms. The van der Waals surface area contributed by atoms with Gasteiger partial charge in [-0.2, -0.15) is 0 Å². The van der Waals surface area contributed by atoms with Crippen molar-refractivity contribution in [2.24, 2.45) is 0 Å². The lowest BCUT2D eigenvalue weighted by molar-refractivity contribution is 0.0911. The summed E-state index contributed by atoms with van der Waals surface area (Å²) in [4.78, 5) is 16.2. The fraction of sp³-hybridized carbons (Fsp3) is 0.462. The normalized spacial score (nSPS) is 11.8. The van der Waals surface area contributed by atoms with Gasteiger partial charge in [0, 0.05) is 11.7 Å². The second-order valence-electron chi connectivity index (χ2n) is 5.04. The second-order valence-corrected chi connectivity index (χ2v) is 5.04. The highest BCUT2D eigenvalue weighted by molar-refractivity contribution is 5.97. The van der Waals surface area contributed by atoms with Crippen LogP contribution in [-0.4, -0.2) is 21.6 Å². The van der Waals surface area contributed by atoms with Gasteiger partial charge < -0.3 is 9.84 Å². The second kappa shape index (κ2) is 4.40. The third kappa shape index (κ3) is 2.34. The Hall–Kier alpha value is -1.91. The quantitative estimate of drug-likeness (QED) is 0.904. The monoisotopic (exact) mass is 247 g/mol. The molecule has 96 valence electrons. The molecular formula is C13H17N3O2. The van der Waals surface area contributed by atoms with Crippen molar-refractivity contribution in [3.8, 4) is 0 Å². The highest BCUT2D eigenvalue weighted by Crippen LogP contribution is 2.17. The maximum atomic E-state index is 12.1. The van der Waals surface area contributed by atoms with E-state index in [1.54, 1.807) is 6.07 Å². The van der Waals surface area contributed by atoms with E-state index in [1.165, 1.54) is 6.20 Å². The first-order valence-electron chi connectivity index (χ1n) is 5.97. The topological polar surface area (TPSA) is 68.0 Å². The summed E-state index contributed by atoms with van der Waals surface area (Å²) in [5.74, 6) is -0.128. The SMILES string of the molecule is CCC(C)(C)NC(=O)c1cnc2onc(C)c2c1. The molecule has 18 heavy (non-hydrogen) atoms. The minimum Gasteiger partial charge on any atom is -0.347 e. The minimum atomic E-state index is -0.226. The molecule has 2 heterocycles. The Balaban J connectivity index is 2.31. The predicted molar refractivity (Wildman–Crippen MR) is 68.4 cm³/mol. The number of aryl methyl sites for hydroxylation is 1. The lowest BCUT2D eigenvalue weighted by Gasteiger charge is -2.24. The summed E-state index contributed by atoms with van der Waals surface area (Å²) in [6, 6.07) is 1.76. The fourth-order valence-electron chi connectivity index (χ4n) is 1.54. The number of amides is 1. The van der Waals surface area contributed by atoms with Crippen molar-refractivity contribution in [1.82, 2.24) is 15.5 Å². The summed E-state index contributed by atoms with van der Waals surface area (Å²) in [7, 11) is 0. The van der Waals surface area contributed by atoms with Crippen molar-refractivity contribution >= 4 is 17.0 Å². The van der Waals surface area contributed by atoms with Crippen LogP contribution in [0.25, 0.3) is 11.1 Å². The Labute approximate surface area is 106 Å². The Kier molecular flexibility index (Phi) is 3.07. The van der Waals surface area contributed by atoms with Crippen LogP contribution in [0.1, 0.15) is 43.2 Å². The third-order valence-electron chi connectivity index (χ3n) is 3.11. The number of pyridine rings is 1. The Morgan fingerprint density at radius 1 is 1.50 bits per heavy atom. The maximum absolute atomic E-state index is 12.1. The Morgan fingerprint density at radius 2 is 2.22 bits per heavy atom. The van der Waals surface area contributed by atoms with Crippen LogP contribution in [0.2, 0.25) is 0 Å². The molecule has 0 fully saturated rings. The molecular weight excluding hydrogens is 230 g/mol. The molecule has 5 nitrogen and oxygen atoms in total. The molecule has 0 saturated carbocycles. The summed E-state index contributed by atoms with van der Waals surface area (Å²) in [5, 5.41) is 7.56. The number of carbonyl (C=O) groups excluding carboxylic acids is 1. The van der Waals surface area contributed by atoms with Gasteiger partial charge in [0.25, 0.3) is 11.6 Å². The van der Waals surface area contributed by atoms with Gasteiger partial charge in [-0.1, -0.05) is 12.1 Å². The molecule has 0 aliphatic rings. The number of fused-ring (bicyclic) bond motifs is 1. The largest absolute Gasteiger partial charge is 0.347 e. The molecule has 0 spiro atoms. The van der Waals surface area contributed by atoms with E-state index in [-0.39, 0.29) is 11.4 Å². The Bertz CT molecular complexity index is 587. The van der Waals surface area contributed by atoms with Gasteiger partial charge in [-0.3, -0.25) is 4.79 Å². The molecule has 0 radical (unpaired) electrons. The predicted octanol–water partition coefficient (Wildman–Crippen LogP) is 2.45. The molecule has 2 aromatic heterocycles. The van der Waals surface area contributed by atoms with E-state index in [1.807, 2.05) is 27.7 Å². The summed E-state index contributed by atoms with van der Waals surface area (Å²) in [6.45, 7) is 7.83. The van der Waals surface area contributed by atoms with E-state index in [9.17, 15) is 4.79 Å². The van der Waals surface area contributed by atoms with Crippen LogP contribution in [0.4, 0.5) is 0 Å². The van der Waals surface area contributed by atoms with Gasteiger partial charge in [-0.15, -0.1) is 0 Å². The van der Waals surface area contributed by atoms with Crippen molar-refractivity contribution in [3.05, 3.63) is 23.5 Å². The molecule has 1 amide bonds. The molecule has 0 saturated heterocycles. The van der Waals surface area contributed by atoms with E-state index in [2.05, 4.69) is 15.5 Å². The number of hydrogen-bond acceptors (Lipinski definition) is 4. The first-order valence-corrected chi connectivity index (χ1v) is 5.97. The zero-order valence-corrected chi connectivity index (χ0v) is 11.1. The van der Waals surface area contributed by atoms with Gasteiger partial charge in [0.05, 0.1) is 16.6 Å². The van der Waals surface area contributed by atoms with Crippen LogP contribution in [0.3, 0.4) is 0 Å². The number of aromatic nitrogens is 2. The van der Waals surface area contributed by atoms with Gasteiger partial charge in [-0.05, 0) is 33.3 Å². The van der Waals surface area contributed by atoms with E-state index in [0.29, 0.717) is 11.3 Å². The highest BCUT2D eigenvalue weighted by atomic mass is 16.5. The zero-order chi connectivity index (χ0) is 13.3. The van der Waals surface area contributed by atoms with Crippen molar-refractivity contribution in [2.45, 2.75) is 39.7 Å². The van der Waals surface area contributed by atoms with Gasteiger partial charge in [0.1, 0.15) is 0 Å². The summed E-state index contributed by atoms with van der Waals surface area (Å²) < 4.78 is 5.01. The van der Waals surface area contributed by atoms with Gasteiger partial charge in [0.15, 0.2) is 0 Å². The minimum absolute atomic E-state index is 0.128. The zero-order valence-electron chi connectivity index (χ0n) is 11.1. The highest BCUT2D eigenvalue weighted by Gasteiger charge is 2.19. The van der Waals surface area contributed by atoms with Crippen LogP contribution in [0.15, 0.2) is 16.8 Å². The average Bonchev–Trinajstić information content (AvgIpc) is 2.70. The molecule has 0 bridgehead atoms. The Morgan fingerprint density at radius 3 is 2.89 bits per heavy atom. The van der Waals surface area contributed by atoms with Crippen LogP contribution in [0, 0.1) is 6.92 Å². The van der Waals surface area contributed by atoms with Crippen molar-refractivity contribution in [1.29, 1.82) is 0 Å². The molecule has 0 aromatic carbocycles. The van der Waals surface area contributed by atoms with Gasteiger partial charge in [0.2, 0.25) is 0 Å². The number of nitrogens with zero attached hydrogens (tertiary/aromatic N) is 2. The van der Waals surface area contributed by atoms with E-state index >= 15 is 0 Å². The standard InChI is InChI=1S/C13H17N3O2/c1-5-13(3,4)15-11(17)9-6-10-8(2)16-18-12(10)14-7-9/h6-7H,5H2,1-4H3,(H,15,17). The molecule has 2 rings (SSSR count).